The molecule has 3 saturated heterocycles. The smallest absolute Gasteiger partial charge is 0.340 e. The topological polar surface area (TPSA) is 42.0 Å². The van der Waals surface area contributed by atoms with Crippen LogP contribution in [0, 0.1) is 0 Å². The summed E-state index contributed by atoms with van der Waals surface area (Å²) in [4.78, 5) is 19.0. The molecule has 3 fully saturated rings. The maximum atomic E-state index is 14.0. The quantitative estimate of drug-likeness (QED) is 0.255. The summed E-state index contributed by atoms with van der Waals surface area (Å²) in [6.07, 6.45) is 6.28. The van der Waals surface area contributed by atoms with Gasteiger partial charge in [-0.2, -0.15) is 0 Å². The van der Waals surface area contributed by atoms with Crippen LogP contribution >= 0.6 is 0 Å². The summed E-state index contributed by atoms with van der Waals surface area (Å²) in [6, 6.07) is 23.2. The van der Waals surface area contributed by atoms with Crippen LogP contribution in [0.5, 0.6) is 0 Å². The van der Waals surface area contributed by atoms with E-state index in [1.54, 1.807) is 0 Å². The maximum Gasteiger partial charge on any atom is 0.340 e. The number of fused-ring (bicyclic) bond motifs is 8. The van der Waals surface area contributed by atoms with Crippen molar-refractivity contribution in [2.24, 2.45) is 0 Å². The molecule has 0 N–H and O–H groups in total. The number of anilines is 2. The number of rotatable bonds is 4. The van der Waals surface area contributed by atoms with Crippen molar-refractivity contribution in [3.05, 3.63) is 82.4 Å². The second kappa shape index (κ2) is 9.70. The third-order valence-electron chi connectivity index (χ3n) is 10.8. The molecule has 5 aliphatic heterocycles. The van der Waals surface area contributed by atoms with Gasteiger partial charge in [0.05, 0.1) is 17.3 Å². The molecule has 5 heterocycles. The molecule has 0 bridgehead atoms. The molecule has 0 saturated carbocycles. The second-order valence-corrected chi connectivity index (χ2v) is 18.8. The van der Waals surface area contributed by atoms with Crippen LogP contribution in [0.3, 0.4) is 0 Å². The van der Waals surface area contributed by atoms with Crippen LogP contribution in [0.4, 0.5) is 11.4 Å². The average molecular weight is 593 g/mol. The number of carbonyl (C=O) groups is 1. The first-order chi connectivity index (χ1) is 20.7. The van der Waals surface area contributed by atoms with Crippen molar-refractivity contribution in [3.8, 4) is 0 Å². The number of hydrogen-bond donors (Lipinski definition) is 0. The highest BCUT2D eigenvalue weighted by Gasteiger charge is 2.58. The molecule has 8 rings (SSSR count). The molecule has 1 atom stereocenters. The van der Waals surface area contributed by atoms with Crippen molar-refractivity contribution in [2.45, 2.75) is 89.2 Å². The second-order valence-electron chi connectivity index (χ2n) is 14.5. The number of carbonyl (C=O) groups excluding carboxylic acids is 1. The van der Waals surface area contributed by atoms with E-state index in [1.807, 2.05) is 6.07 Å². The zero-order valence-electron chi connectivity index (χ0n) is 26.2. The Labute approximate surface area is 257 Å². The Morgan fingerprint density at radius 1 is 0.767 bits per heavy atom. The minimum absolute atomic E-state index is 0.128. The first-order valence-corrected chi connectivity index (χ1v) is 19.0. The molecular formula is C37H44N2O3Si. The highest BCUT2D eigenvalue weighted by molar-refractivity contribution is 7.03. The van der Waals surface area contributed by atoms with Crippen LogP contribution in [0.2, 0.25) is 12.1 Å². The van der Waals surface area contributed by atoms with Crippen LogP contribution in [-0.2, 0) is 15.1 Å². The molecule has 0 aliphatic carbocycles. The Kier molecular flexibility index (Phi) is 6.20. The summed E-state index contributed by atoms with van der Waals surface area (Å²) in [5.74, 6) is -0.225. The van der Waals surface area contributed by atoms with Crippen molar-refractivity contribution in [2.75, 3.05) is 36.0 Å². The van der Waals surface area contributed by atoms with Gasteiger partial charge in [-0.05, 0) is 98.9 Å². The number of hydrogen-bond acceptors (Lipinski definition) is 5. The summed E-state index contributed by atoms with van der Waals surface area (Å²) >= 11 is 0. The zero-order valence-corrected chi connectivity index (χ0v) is 27.2. The van der Waals surface area contributed by atoms with Gasteiger partial charge in [0.25, 0.3) is 0 Å². The van der Waals surface area contributed by atoms with Gasteiger partial charge >= 0.3 is 5.97 Å². The highest BCUT2D eigenvalue weighted by atomic mass is 28.3. The Morgan fingerprint density at radius 2 is 1.33 bits per heavy atom. The first kappa shape index (κ1) is 27.5. The van der Waals surface area contributed by atoms with Gasteiger partial charge in [-0.15, -0.1) is 0 Å². The van der Waals surface area contributed by atoms with Gasteiger partial charge in [0, 0.05) is 54.2 Å². The van der Waals surface area contributed by atoms with Crippen molar-refractivity contribution < 1.29 is 14.3 Å². The molecule has 6 heteroatoms. The lowest BCUT2D eigenvalue weighted by atomic mass is 9.78. The third kappa shape index (κ3) is 4.08. The van der Waals surface area contributed by atoms with E-state index in [2.05, 4.69) is 86.0 Å². The molecule has 2 spiro atoms. The number of benzene rings is 3. The normalized spacial score (nSPS) is 21.9. The van der Waals surface area contributed by atoms with Crippen LogP contribution in [0.15, 0.2) is 54.6 Å². The van der Waals surface area contributed by atoms with E-state index in [1.165, 1.54) is 77.1 Å². The average Bonchev–Trinajstić information content (AvgIpc) is 3.22. The fraction of sp³-hybridized carbons (Fsp3) is 0.486. The molecule has 5 aliphatic rings. The van der Waals surface area contributed by atoms with E-state index < -0.39 is 13.7 Å². The number of nitrogens with zero attached hydrogens (tertiary/aromatic N) is 2. The molecule has 3 aromatic carbocycles. The monoisotopic (exact) mass is 592 g/mol. The fourth-order valence-corrected chi connectivity index (χ4v) is 14.3. The van der Waals surface area contributed by atoms with E-state index in [0.717, 1.165) is 37.3 Å². The summed E-state index contributed by atoms with van der Waals surface area (Å²) in [7, 11) is -2.10. The van der Waals surface area contributed by atoms with Crippen molar-refractivity contribution in [3.63, 3.8) is 0 Å². The van der Waals surface area contributed by atoms with Gasteiger partial charge in [-0.1, -0.05) is 43.5 Å². The third-order valence-corrected chi connectivity index (χ3v) is 16.1. The van der Waals surface area contributed by atoms with E-state index in [-0.39, 0.29) is 17.7 Å². The van der Waals surface area contributed by atoms with Gasteiger partial charge in [0.1, 0.15) is 8.07 Å². The maximum absolute atomic E-state index is 14.0. The lowest BCUT2D eigenvalue weighted by molar-refractivity contribution is -0.0529. The standard InChI is InChI=1S/C37H44N2O3Si/c1-25(41-36(2,3)4)26-10-13-30-29(22-26)35(40)42-37(30)31-14-11-27(38-16-8-17-38)23-33(31)43(20-6-5-7-21-43)34-24-28(12-15-32(34)37)39-18-9-19-39/h10-15,22-25H,5-9,16-21H2,1-4H3. The van der Waals surface area contributed by atoms with Gasteiger partial charge in [0.2, 0.25) is 0 Å². The molecule has 5 nitrogen and oxygen atoms in total. The Bertz CT molecular complexity index is 1540. The summed E-state index contributed by atoms with van der Waals surface area (Å²) in [6.45, 7) is 12.8. The summed E-state index contributed by atoms with van der Waals surface area (Å²) in [5, 5.41) is 3.03. The molecule has 43 heavy (non-hydrogen) atoms. The van der Waals surface area contributed by atoms with Crippen molar-refractivity contribution >= 4 is 35.8 Å². The highest BCUT2D eigenvalue weighted by Crippen LogP contribution is 2.51. The largest absolute Gasteiger partial charge is 0.441 e. The van der Waals surface area contributed by atoms with Gasteiger partial charge in [-0.25, -0.2) is 4.79 Å². The molecular weight excluding hydrogens is 549 g/mol. The Hall–Kier alpha value is -3.09. The van der Waals surface area contributed by atoms with Crippen molar-refractivity contribution in [1.82, 2.24) is 0 Å². The Balaban J connectivity index is 1.36. The fourth-order valence-electron chi connectivity index (χ4n) is 8.53. The molecule has 1 unspecified atom stereocenters. The summed E-state index contributed by atoms with van der Waals surface area (Å²) < 4.78 is 13.1. The predicted octanol–water partition coefficient (Wildman–Crippen LogP) is 6.51. The minimum Gasteiger partial charge on any atom is -0.441 e. The lowest BCUT2D eigenvalue weighted by Crippen LogP contribution is -2.67. The molecule has 224 valence electrons. The lowest BCUT2D eigenvalue weighted by Gasteiger charge is -2.49. The van der Waals surface area contributed by atoms with E-state index >= 15 is 0 Å². The van der Waals surface area contributed by atoms with E-state index in [0.29, 0.717) is 5.56 Å². The molecule has 3 aromatic rings. The van der Waals surface area contributed by atoms with Crippen molar-refractivity contribution in [1.29, 1.82) is 0 Å². The van der Waals surface area contributed by atoms with Crippen LogP contribution in [0.1, 0.15) is 98.5 Å². The summed E-state index contributed by atoms with van der Waals surface area (Å²) in [5.41, 5.74) is 6.60. The predicted molar refractivity (Wildman–Crippen MR) is 176 cm³/mol. The van der Waals surface area contributed by atoms with E-state index in [9.17, 15) is 4.79 Å². The van der Waals surface area contributed by atoms with Gasteiger partial charge in [-0.3, -0.25) is 0 Å². The molecule has 0 aromatic heterocycles. The van der Waals surface area contributed by atoms with Crippen LogP contribution in [-0.4, -0.2) is 45.8 Å². The SMILES string of the molecule is CC(OC(C)(C)C)c1ccc2c(c1)C(=O)OC21c2ccc(N3CCC3)cc2[Si]2(CCCCC2)c2cc(N3CCC3)ccc21. The van der Waals surface area contributed by atoms with Crippen LogP contribution in [0.25, 0.3) is 0 Å². The zero-order chi connectivity index (χ0) is 29.6. The molecule has 0 radical (unpaired) electrons. The van der Waals surface area contributed by atoms with Gasteiger partial charge < -0.3 is 19.3 Å². The number of ether oxygens (including phenoxy) is 2. The molecule has 0 amide bonds. The first-order valence-electron chi connectivity index (χ1n) is 16.6. The minimum atomic E-state index is -2.10. The van der Waals surface area contributed by atoms with Crippen LogP contribution < -0.4 is 20.2 Å². The van der Waals surface area contributed by atoms with Gasteiger partial charge in [0.15, 0.2) is 5.60 Å². The number of esters is 1. The Morgan fingerprint density at radius 3 is 1.84 bits per heavy atom. The van der Waals surface area contributed by atoms with E-state index in [4.69, 9.17) is 9.47 Å².